The molecule has 0 saturated carbocycles. The van der Waals surface area contributed by atoms with Crippen LogP contribution in [0.4, 0.5) is 0 Å². The molecule has 0 saturated heterocycles. The van der Waals surface area contributed by atoms with E-state index in [4.69, 9.17) is 0 Å². The van der Waals surface area contributed by atoms with Crippen molar-refractivity contribution in [2.75, 3.05) is 0 Å². The molecule has 0 atom stereocenters. The number of aromatic nitrogens is 4. The lowest BCUT2D eigenvalue weighted by molar-refractivity contribution is 0.665. The molecule has 0 aliphatic heterocycles. The third-order valence-electron chi connectivity index (χ3n) is 0.770. The summed E-state index contributed by atoms with van der Waals surface area (Å²) in [6.07, 6.45) is 0. The minimum absolute atomic E-state index is 0.755. The highest BCUT2D eigenvalue weighted by Gasteiger charge is 1.96. The predicted molar refractivity (Wildman–Crippen MR) is 34.9 cm³/mol. The topological polar surface area (TPSA) is 43.6 Å². The van der Waals surface area contributed by atoms with Crippen LogP contribution in [0.5, 0.6) is 0 Å². The maximum absolute atomic E-state index is 3.70. The Bertz CT molecular complexity index is 206. The summed E-state index contributed by atoms with van der Waals surface area (Å²) < 4.78 is 1.59. The monoisotopic (exact) mass is 142 g/mol. The fraction of sp³-hybridized carbons (Fsp3) is 0.250. The van der Waals surface area contributed by atoms with Crippen LogP contribution in [-0.4, -0.2) is 20.2 Å². The molecule has 0 aliphatic rings. The van der Waals surface area contributed by atoms with Gasteiger partial charge in [0.25, 0.3) is 0 Å². The van der Waals surface area contributed by atoms with Gasteiger partial charge in [0.05, 0.1) is 0 Å². The van der Waals surface area contributed by atoms with E-state index in [1.807, 2.05) is 0 Å². The van der Waals surface area contributed by atoms with Crippen molar-refractivity contribution in [3.63, 3.8) is 0 Å². The highest BCUT2D eigenvalue weighted by molar-refractivity contribution is 8.02. The maximum atomic E-state index is 3.70. The fourth-order valence-corrected chi connectivity index (χ4v) is 0.817. The van der Waals surface area contributed by atoms with Gasteiger partial charge in [0.2, 0.25) is 5.16 Å². The summed E-state index contributed by atoms with van der Waals surface area (Å²) in [5.41, 5.74) is 0. The average Bonchev–Trinajstić information content (AvgIpc) is 2.18. The molecule has 0 aromatic carbocycles. The standard InChI is InChI=1S/C4H6N4S/c1-3-9-4-5-6-7-8(4)2/h3H,1H2,2H3. The molecule has 0 bridgehead atoms. The molecular formula is C4H6N4S. The van der Waals surface area contributed by atoms with Crippen molar-refractivity contribution in [1.29, 1.82) is 0 Å². The normalized spacial score (nSPS) is 9.44. The highest BCUT2D eigenvalue weighted by Crippen LogP contribution is 2.11. The molecule has 0 amide bonds. The van der Waals surface area contributed by atoms with E-state index in [1.54, 1.807) is 17.1 Å². The number of thioether (sulfide) groups is 1. The van der Waals surface area contributed by atoms with Gasteiger partial charge >= 0.3 is 0 Å². The van der Waals surface area contributed by atoms with E-state index in [0.29, 0.717) is 0 Å². The summed E-state index contributed by atoms with van der Waals surface area (Å²) in [4.78, 5) is 0. The zero-order chi connectivity index (χ0) is 6.69. The maximum Gasteiger partial charge on any atom is 0.213 e. The van der Waals surface area contributed by atoms with Gasteiger partial charge in [-0.2, -0.15) is 0 Å². The van der Waals surface area contributed by atoms with Crippen LogP contribution in [0, 0.1) is 0 Å². The largest absolute Gasteiger partial charge is 0.223 e. The first kappa shape index (κ1) is 6.28. The molecule has 5 heteroatoms. The summed E-state index contributed by atoms with van der Waals surface area (Å²) in [6.45, 7) is 3.53. The molecule has 1 aromatic heterocycles. The second kappa shape index (κ2) is 2.63. The molecule has 0 radical (unpaired) electrons. The Morgan fingerprint density at radius 1 is 1.78 bits per heavy atom. The first-order valence-electron chi connectivity index (χ1n) is 2.34. The van der Waals surface area contributed by atoms with Crippen molar-refractivity contribution in [2.45, 2.75) is 5.16 Å². The van der Waals surface area contributed by atoms with Crippen LogP contribution >= 0.6 is 11.8 Å². The van der Waals surface area contributed by atoms with Gasteiger partial charge in [-0.05, 0) is 15.8 Å². The first-order chi connectivity index (χ1) is 4.34. The lowest BCUT2D eigenvalue weighted by Crippen LogP contribution is -1.91. The second-order valence-electron chi connectivity index (χ2n) is 1.37. The Morgan fingerprint density at radius 3 is 3.00 bits per heavy atom. The molecule has 9 heavy (non-hydrogen) atoms. The Morgan fingerprint density at radius 2 is 2.56 bits per heavy atom. The number of aryl methyl sites for hydroxylation is 1. The molecule has 1 rings (SSSR count). The van der Waals surface area contributed by atoms with Crippen molar-refractivity contribution in [3.05, 3.63) is 12.0 Å². The van der Waals surface area contributed by atoms with Crippen LogP contribution in [-0.2, 0) is 7.05 Å². The number of nitrogens with zero attached hydrogens (tertiary/aromatic N) is 4. The van der Waals surface area contributed by atoms with Gasteiger partial charge < -0.3 is 0 Å². The van der Waals surface area contributed by atoms with E-state index < -0.39 is 0 Å². The van der Waals surface area contributed by atoms with Crippen molar-refractivity contribution < 1.29 is 0 Å². The van der Waals surface area contributed by atoms with Gasteiger partial charge in [0.15, 0.2) is 0 Å². The number of hydrogen-bond donors (Lipinski definition) is 0. The van der Waals surface area contributed by atoms with Gasteiger partial charge in [0, 0.05) is 7.05 Å². The number of hydrogen-bond acceptors (Lipinski definition) is 4. The zero-order valence-corrected chi connectivity index (χ0v) is 5.80. The summed E-state index contributed by atoms with van der Waals surface area (Å²) in [5.74, 6) is 0. The van der Waals surface area contributed by atoms with E-state index in [9.17, 15) is 0 Å². The lowest BCUT2D eigenvalue weighted by Gasteiger charge is -1.88. The van der Waals surface area contributed by atoms with Gasteiger partial charge in [-0.15, -0.1) is 5.10 Å². The quantitative estimate of drug-likeness (QED) is 0.562. The molecule has 1 heterocycles. The zero-order valence-electron chi connectivity index (χ0n) is 4.98. The third-order valence-corrected chi connectivity index (χ3v) is 1.49. The Balaban J connectivity index is 2.80. The van der Waals surface area contributed by atoms with E-state index >= 15 is 0 Å². The molecule has 4 nitrogen and oxygen atoms in total. The van der Waals surface area contributed by atoms with Crippen LogP contribution in [0.2, 0.25) is 0 Å². The van der Waals surface area contributed by atoms with Crippen LogP contribution < -0.4 is 0 Å². The molecule has 0 unspecified atom stereocenters. The van der Waals surface area contributed by atoms with Gasteiger partial charge in [0.1, 0.15) is 0 Å². The SMILES string of the molecule is C=CSc1nnnn1C. The van der Waals surface area contributed by atoms with E-state index in [-0.39, 0.29) is 0 Å². The molecule has 0 N–H and O–H groups in total. The molecule has 0 aliphatic carbocycles. The minimum Gasteiger partial charge on any atom is -0.223 e. The van der Waals surface area contributed by atoms with Crippen LogP contribution in [0.1, 0.15) is 0 Å². The third kappa shape index (κ3) is 1.29. The summed E-state index contributed by atoms with van der Waals surface area (Å²) in [7, 11) is 1.78. The Kier molecular flexibility index (Phi) is 1.84. The summed E-state index contributed by atoms with van der Waals surface area (Å²) >= 11 is 1.40. The summed E-state index contributed by atoms with van der Waals surface area (Å²) in [6, 6.07) is 0. The lowest BCUT2D eigenvalue weighted by atomic mass is 11.2. The molecule has 0 spiro atoms. The molecule has 0 fully saturated rings. The molecule has 48 valence electrons. The minimum atomic E-state index is 0.755. The molecule has 1 aromatic rings. The van der Waals surface area contributed by atoms with E-state index in [0.717, 1.165) is 5.16 Å². The van der Waals surface area contributed by atoms with Crippen LogP contribution in [0.3, 0.4) is 0 Å². The van der Waals surface area contributed by atoms with Crippen molar-refractivity contribution in [2.24, 2.45) is 7.05 Å². The second-order valence-corrected chi connectivity index (χ2v) is 2.30. The highest BCUT2D eigenvalue weighted by atomic mass is 32.2. The van der Waals surface area contributed by atoms with Crippen molar-refractivity contribution in [1.82, 2.24) is 20.2 Å². The predicted octanol–water partition coefficient (Wildman–Crippen LogP) is 0.446. The Labute approximate surface area is 56.9 Å². The first-order valence-corrected chi connectivity index (χ1v) is 3.22. The molecular weight excluding hydrogens is 136 g/mol. The Hall–Kier alpha value is -0.840. The smallest absolute Gasteiger partial charge is 0.213 e. The number of rotatable bonds is 2. The van der Waals surface area contributed by atoms with Crippen molar-refractivity contribution in [3.8, 4) is 0 Å². The fourth-order valence-electron chi connectivity index (χ4n) is 0.396. The average molecular weight is 142 g/mol. The van der Waals surface area contributed by atoms with E-state index in [2.05, 4.69) is 22.1 Å². The van der Waals surface area contributed by atoms with Crippen LogP contribution in [0.15, 0.2) is 17.1 Å². The summed E-state index contributed by atoms with van der Waals surface area (Å²) in [5, 5.41) is 13.2. The van der Waals surface area contributed by atoms with Crippen molar-refractivity contribution >= 4 is 11.8 Å². The van der Waals surface area contributed by atoms with Crippen LogP contribution in [0.25, 0.3) is 0 Å². The van der Waals surface area contributed by atoms with Gasteiger partial charge in [-0.3, -0.25) is 0 Å². The van der Waals surface area contributed by atoms with Gasteiger partial charge in [-0.1, -0.05) is 18.3 Å². The number of tetrazole rings is 1. The van der Waals surface area contributed by atoms with E-state index in [1.165, 1.54) is 11.8 Å². The van der Waals surface area contributed by atoms with Gasteiger partial charge in [-0.25, -0.2) is 4.68 Å².